The molecular formula is C26H34N4O4S. The average Bonchev–Trinajstić information content (AvgIpc) is 2.84. The van der Waals surface area contributed by atoms with E-state index in [0.717, 1.165) is 49.9 Å². The molecule has 2 aliphatic rings. The maximum atomic E-state index is 12.8. The summed E-state index contributed by atoms with van der Waals surface area (Å²) in [5.41, 5.74) is 3.09. The Kier molecular flexibility index (Phi) is 7.76. The minimum absolute atomic E-state index is 0.0463. The lowest BCUT2D eigenvalue weighted by molar-refractivity contribution is -0.115. The quantitative estimate of drug-likeness (QED) is 0.610. The average molecular weight is 499 g/mol. The van der Waals surface area contributed by atoms with Crippen LogP contribution in [-0.4, -0.2) is 56.8 Å². The van der Waals surface area contributed by atoms with Gasteiger partial charge in [0.05, 0.1) is 11.4 Å². The van der Waals surface area contributed by atoms with Crippen LogP contribution in [0.1, 0.15) is 55.5 Å². The summed E-state index contributed by atoms with van der Waals surface area (Å²) in [7, 11) is -3.50. The molecule has 2 N–H and O–H groups in total. The number of piperidine rings is 1. The summed E-state index contributed by atoms with van der Waals surface area (Å²) >= 11 is 0. The molecule has 8 nitrogen and oxygen atoms in total. The molecule has 0 atom stereocenters. The largest absolute Gasteiger partial charge is 0.362 e. The number of rotatable bonds is 7. The number of nitrogens with zero attached hydrogens (tertiary/aromatic N) is 2. The van der Waals surface area contributed by atoms with Gasteiger partial charge in [0.25, 0.3) is 5.91 Å². The third kappa shape index (κ3) is 5.85. The molecule has 4 rings (SSSR count). The number of anilines is 2. The second-order valence-corrected chi connectivity index (χ2v) is 11.4. The standard InChI is InChI=1S/C26H34N4O4S/c1-19(2)27-26(32)23-8-6-10-24-22(23)9-7-15-29(24)18-25(31)28-20-11-13-21(14-12-20)35(33,34)30-16-4-3-5-17-30/h6,8,10-14,19H,3-5,7,9,15-18H2,1-2H3,(H,27,32)(H,28,31). The number of fused-ring (bicyclic) bond motifs is 1. The molecule has 2 aromatic rings. The molecule has 35 heavy (non-hydrogen) atoms. The van der Waals surface area contributed by atoms with E-state index < -0.39 is 10.0 Å². The van der Waals surface area contributed by atoms with E-state index in [9.17, 15) is 18.0 Å². The molecule has 0 bridgehead atoms. The second kappa shape index (κ2) is 10.8. The van der Waals surface area contributed by atoms with Crippen molar-refractivity contribution in [2.45, 2.75) is 56.9 Å². The number of amides is 2. The van der Waals surface area contributed by atoms with Crippen LogP contribution in [0.2, 0.25) is 0 Å². The van der Waals surface area contributed by atoms with E-state index >= 15 is 0 Å². The van der Waals surface area contributed by atoms with Gasteiger partial charge in [-0.3, -0.25) is 9.59 Å². The van der Waals surface area contributed by atoms with Gasteiger partial charge in [0, 0.05) is 42.6 Å². The third-order valence-corrected chi connectivity index (χ3v) is 8.35. The highest BCUT2D eigenvalue weighted by Crippen LogP contribution is 2.30. The van der Waals surface area contributed by atoms with Crippen LogP contribution in [-0.2, 0) is 21.2 Å². The van der Waals surface area contributed by atoms with Crippen molar-refractivity contribution < 1.29 is 18.0 Å². The van der Waals surface area contributed by atoms with Gasteiger partial charge in [-0.25, -0.2) is 8.42 Å². The maximum absolute atomic E-state index is 12.8. The molecule has 9 heteroatoms. The van der Waals surface area contributed by atoms with Gasteiger partial charge in [-0.05, 0) is 81.5 Å². The van der Waals surface area contributed by atoms with E-state index in [1.165, 1.54) is 4.31 Å². The van der Waals surface area contributed by atoms with E-state index in [4.69, 9.17) is 0 Å². The minimum atomic E-state index is -3.50. The lowest BCUT2D eigenvalue weighted by Gasteiger charge is -2.32. The van der Waals surface area contributed by atoms with Gasteiger partial charge in [0.1, 0.15) is 0 Å². The Hall–Kier alpha value is -2.91. The van der Waals surface area contributed by atoms with Gasteiger partial charge in [-0.2, -0.15) is 4.31 Å². The zero-order valence-electron chi connectivity index (χ0n) is 20.4. The van der Waals surface area contributed by atoms with Crippen molar-refractivity contribution in [1.82, 2.24) is 9.62 Å². The number of sulfonamides is 1. The molecule has 2 aliphatic heterocycles. The molecule has 188 valence electrons. The van der Waals surface area contributed by atoms with Crippen LogP contribution in [0.3, 0.4) is 0 Å². The van der Waals surface area contributed by atoms with Crippen LogP contribution in [0, 0.1) is 0 Å². The number of carbonyl (C=O) groups excluding carboxylic acids is 2. The number of carbonyl (C=O) groups is 2. The zero-order valence-corrected chi connectivity index (χ0v) is 21.2. The molecule has 0 spiro atoms. The third-order valence-electron chi connectivity index (χ3n) is 6.44. The summed E-state index contributed by atoms with van der Waals surface area (Å²) in [5, 5.41) is 5.82. The number of hydrogen-bond donors (Lipinski definition) is 2. The van der Waals surface area contributed by atoms with Crippen LogP contribution in [0.15, 0.2) is 47.4 Å². The number of benzene rings is 2. The molecule has 2 amide bonds. The molecule has 2 aromatic carbocycles. The molecule has 0 aliphatic carbocycles. The minimum Gasteiger partial charge on any atom is -0.362 e. The van der Waals surface area contributed by atoms with Crippen molar-refractivity contribution in [3.63, 3.8) is 0 Å². The van der Waals surface area contributed by atoms with Crippen LogP contribution in [0.4, 0.5) is 11.4 Å². The summed E-state index contributed by atoms with van der Waals surface area (Å²) in [4.78, 5) is 27.7. The van der Waals surface area contributed by atoms with Gasteiger partial charge in [0.15, 0.2) is 0 Å². The van der Waals surface area contributed by atoms with E-state index in [1.54, 1.807) is 24.3 Å². The molecule has 0 saturated carbocycles. The monoisotopic (exact) mass is 498 g/mol. The molecule has 0 radical (unpaired) electrons. The Morgan fingerprint density at radius 2 is 1.66 bits per heavy atom. The Labute approximate surface area is 207 Å². The van der Waals surface area contributed by atoms with Crippen molar-refractivity contribution in [2.75, 3.05) is 36.4 Å². The summed E-state index contributed by atoms with van der Waals surface area (Å²) in [5.74, 6) is -0.288. The smallest absolute Gasteiger partial charge is 0.251 e. The highest BCUT2D eigenvalue weighted by atomic mass is 32.2. The normalized spacial score (nSPS) is 16.6. The highest BCUT2D eigenvalue weighted by molar-refractivity contribution is 7.89. The Morgan fingerprint density at radius 3 is 2.34 bits per heavy atom. The molecule has 2 heterocycles. The summed E-state index contributed by atoms with van der Waals surface area (Å²) in [6.07, 6.45) is 4.48. The van der Waals surface area contributed by atoms with Crippen LogP contribution in [0.5, 0.6) is 0 Å². The molecule has 0 unspecified atom stereocenters. The van der Waals surface area contributed by atoms with Crippen molar-refractivity contribution in [3.05, 3.63) is 53.6 Å². The topological polar surface area (TPSA) is 98.8 Å². The Balaban J connectivity index is 1.42. The van der Waals surface area contributed by atoms with Crippen molar-refractivity contribution in [1.29, 1.82) is 0 Å². The molecular weight excluding hydrogens is 464 g/mol. The van der Waals surface area contributed by atoms with Crippen LogP contribution in [0.25, 0.3) is 0 Å². The van der Waals surface area contributed by atoms with Gasteiger partial charge >= 0.3 is 0 Å². The van der Waals surface area contributed by atoms with Crippen molar-refractivity contribution in [2.24, 2.45) is 0 Å². The summed E-state index contributed by atoms with van der Waals surface area (Å²) in [6.45, 7) is 5.84. The number of nitrogens with one attached hydrogen (secondary N) is 2. The van der Waals surface area contributed by atoms with E-state index in [0.29, 0.717) is 24.3 Å². The van der Waals surface area contributed by atoms with Gasteiger partial charge in [-0.15, -0.1) is 0 Å². The highest BCUT2D eigenvalue weighted by Gasteiger charge is 2.26. The predicted octanol–water partition coefficient (Wildman–Crippen LogP) is 3.39. The SMILES string of the molecule is CC(C)NC(=O)c1cccc2c1CCCN2CC(=O)Nc1ccc(S(=O)(=O)N2CCCCC2)cc1. The van der Waals surface area contributed by atoms with Crippen LogP contribution < -0.4 is 15.5 Å². The van der Waals surface area contributed by atoms with Gasteiger partial charge in [-0.1, -0.05) is 12.5 Å². The summed E-state index contributed by atoms with van der Waals surface area (Å²) in [6, 6.07) is 12.1. The fourth-order valence-corrected chi connectivity index (χ4v) is 6.27. The molecule has 0 aromatic heterocycles. The van der Waals surface area contributed by atoms with Gasteiger partial charge in [0.2, 0.25) is 15.9 Å². The van der Waals surface area contributed by atoms with Crippen LogP contribution >= 0.6 is 0 Å². The second-order valence-electron chi connectivity index (χ2n) is 9.49. The fraction of sp³-hybridized carbons (Fsp3) is 0.462. The fourth-order valence-electron chi connectivity index (χ4n) is 4.76. The summed E-state index contributed by atoms with van der Waals surface area (Å²) < 4.78 is 27.2. The van der Waals surface area contributed by atoms with Crippen molar-refractivity contribution in [3.8, 4) is 0 Å². The maximum Gasteiger partial charge on any atom is 0.251 e. The van der Waals surface area contributed by atoms with E-state index in [1.807, 2.05) is 36.9 Å². The lowest BCUT2D eigenvalue weighted by Crippen LogP contribution is -2.38. The Morgan fingerprint density at radius 1 is 0.943 bits per heavy atom. The van der Waals surface area contributed by atoms with E-state index in [-0.39, 0.29) is 29.3 Å². The van der Waals surface area contributed by atoms with Crippen molar-refractivity contribution >= 4 is 33.2 Å². The first-order chi connectivity index (χ1) is 16.8. The predicted molar refractivity (Wildman–Crippen MR) is 137 cm³/mol. The Bertz CT molecular complexity index is 1170. The zero-order chi connectivity index (χ0) is 25.0. The first-order valence-corrected chi connectivity index (χ1v) is 13.8. The first kappa shape index (κ1) is 25.2. The first-order valence-electron chi connectivity index (χ1n) is 12.3. The molecule has 1 fully saturated rings. The molecule has 1 saturated heterocycles. The van der Waals surface area contributed by atoms with E-state index in [2.05, 4.69) is 10.6 Å². The number of hydrogen-bond acceptors (Lipinski definition) is 5. The van der Waals surface area contributed by atoms with Gasteiger partial charge < -0.3 is 15.5 Å². The lowest BCUT2D eigenvalue weighted by atomic mass is 9.95.